The van der Waals surface area contributed by atoms with E-state index in [-0.39, 0.29) is 22.4 Å². The lowest BCUT2D eigenvalue weighted by Crippen LogP contribution is -2.26. The van der Waals surface area contributed by atoms with Crippen molar-refractivity contribution in [2.75, 3.05) is 0 Å². The van der Waals surface area contributed by atoms with E-state index in [1.165, 1.54) is 24.3 Å². The molecule has 2 aromatic rings. The molecule has 2 amide bonds. The van der Waals surface area contributed by atoms with Crippen molar-refractivity contribution in [3.8, 4) is 5.75 Å². The van der Waals surface area contributed by atoms with Gasteiger partial charge in [-0.2, -0.15) is 18.2 Å². The number of nitrogens with one attached hydrogen (secondary N) is 1. The molecule has 1 fully saturated rings. The fraction of sp³-hybridized carbons (Fsp3) is 0.167. The Kier molecular flexibility index (Phi) is 5.95. The van der Waals surface area contributed by atoms with Gasteiger partial charge in [0.25, 0.3) is 0 Å². The second-order valence-electron chi connectivity index (χ2n) is 5.71. The van der Waals surface area contributed by atoms with Gasteiger partial charge in [-0.25, -0.2) is 4.79 Å². The van der Waals surface area contributed by atoms with Gasteiger partial charge in [0.1, 0.15) is 0 Å². The van der Waals surface area contributed by atoms with E-state index in [1.54, 1.807) is 12.1 Å². The van der Waals surface area contributed by atoms with Gasteiger partial charge in [0.05, 0.1) is 15.8 Å². The van der Waals surface area contributed by atoms with Crippen molar-refractivity contribution in [3.63, 3.8) is 0 Å². The molecular weight excluding hydrogens is 417 g/mol. The lowest BCUT2D eigenvalue weighted by Gasteiger charge is -2.10. The van der Waals surface area contributed by atoms with Crippen LogP contribution in [0.3, 0.4) is 0 Å². The number of nitrogens with zero attached hydrogens (tertiary/aromatic N) is 1. The molecule has 146 valence electrons. The largest absolute Gasteiger partial charge is 0.441 e. The number of benzene rings is 2. The number of thioether (sulfide) groups is 1. The highest BCUT2D eigenvalue weighted by Gasteiger charge is 2.33. The van der Waals surface area contributed by atoms with Crippen LogP contribution in [0.1, 0.15) is 11.1 Å². The van der Waals surface area contributed by atoms with E-state index in [0.29, 0.717) is 5.56 Å². The smallest absolute Gasteiger partial charge is 0.407 e. The lowest BCUT2D eigenvalue weighted by atomic mass is 10.1. The number of rotatable bonds is 3. The number of alkyl halides is 3. The number of amides is 2. The molecule has 1 N–H and O–H groups in total. The van der Waals surface area contributed by atoms with Crippen LogP contribution in [0.5, 0.6) is 5.75 Å². The van der Waals surface area contributed by atoms with Gasteiger partial charge < -0.3 is 10.1 Å². The average Bonchev–Trinajstić information content (AvgIpc) is 2.95. The molecule has 0 radical (unpaired) electrons. The van der Waals surface area contributed by atoms with E-state index < -0.39 is 29.0 Å². The van der Waals surface area contributed by atoms with Gasteiger partial charge in [-0.05, 0) is 30.2 Å². The Hall–Kier alpha value is -2.52. The second kappa shape index (κ2) is 8.24. The van der Waals surface area contributed by atoms with Crippen molar-refractivity contribution in [2.24, 2.45) is 4.99 Å². The minimum Gasteiger partial charge on any atom is -0.407 e. The van der Waals surface area contributed by atoms with Gasteiger partial charge in [0.15, 0.2) is 10.9 Å². The third-order valence-electron chi connectivity index (χ3n) is 3.68. The first kappa shape index (κ1) is 20.2. The third-order valence-corrected chi connectivity index (χ3v) is 5.07. The molecule has 1 aliphatic heterocycles. The van der Waals surface area contributed by atoms with Crippen molar-refractivity contribution < 1.29 is 27.5 Å². The molecule has 2 aromatic carbocycles. The average molecular weight is 429 g/mol. The number of carbonyl (C=O) groups is 2. The fourth-order valence-corrected chi connectivity index (χ4v) is 3.58. The summed E-state index contributed by atoms with van der Waals surface area (Å²) in [6.45, 7) is 0. The van der Waals surface area contributed by atoms with Crippen LogP contribution >= 0.6 is 23.4 Å². The Bertz CT molecular complexity index is 950. The van der Waals surface area contributed by atoms with Crippen molar-refractivity contribution >= 4 is 40.5 Å². The van der Waals surface area contributed by atoms with Gasteiger partial charge in [0, 0.05) is 0 Å². The highest BCUT2D eigenvalue weighted by molar-refractivity contribution is 8.15. The van der Waals surface area contributed by atoms with Gasteiger partial charge in [-0.3, -0.25) is 4.79 Å². The highest BCUT2D eigenvalue weighted by atomic mass is 35.5. The van der Waals surface area contributed by atoms with Gasteiger partial charge >= 0.3 is 12.3 Å². The zero-order valence-corrected chi connectivity index (χ0v) is 15.6. The summed E-state index contributed by atoms with van der Waals surface area (Å²) in [5.41, 5.74) is -0.437. The summed E-state index contributed by atoms with van der Waals surface area (Å²) in [5.74, 6) is -0.333. The number of halogens is 4. The first-order valence-electron chi connectivity index (χ1n) is 7.91. The van der Waals surface area contributed by atoms with E-state index in [9.17, 15) is 22.8 Å². The summed E-state index contributed by atoms with van der Waals surface area (Å²) in [4.78, 5) is 27.6. The molecule has 0 aromatic heterocycles. The third kappa shape index (κ3) is 5.05. The monoisotopic (exact) mass is 428 g/mol. The van der Waals surface area contributed by atoms with Crippen molar-refractivity contribution in [1.29, 1.82) is 0 Å². The summed E-state index contributed by atoms with van der Waals surface area (Å²) < 4.78 is 43.4. The molecule has 1 atom stereocenters. The highest BCUT2D eigenvalue weighted by Crippen LogP contribution is 2.31. The van der Waals surface area contributed by atoms with E-state index in [1.807, 2.05) is 0 Å². The maximum atomic E-state index is 12.8. The van der Waals surface area contributed by atoms with E-state index in [2.05, 4.69) is 10.3 Å². The molecule has 1 aliphatic rings. The Morgan fingerprint density at radius 2 is 1.96 bits per heavy atom. The normalized spacial score (nSPS) is 18.2. The molecule has 1 heterocycles. The van der Waals surface area contributed by atoms with Crippen LogP contribution in [-0.2, 0) is 17.4 Å². The molecule has 3 rings (SSSR count). The number of para-hydroxylation sites is 1. The van der Waals surface area contributed by atoms with Gasteiger partial charge in [0.2, 0.25) is 5.91 Å². The predicted octanol–water partition coefficient (Wildman–Crippen LogP) is 4.69. The minimum atomic E-state index is -4.46. The number of hydrogen-bond donors (Lipinski definition) is 1. The molecule has 1 saturated heterocycles. The molecule has 0 spiro atoms. The molecule has 0 bridgehead atoms. The van der Waals surface area contributed by atoms with Crippen LogP contribution in [0.25, 0.3) is 0 Å². The van der Waals surface area contributed by atoms with Crippen LogP contribution in [0, 0.1) is 0 Å². The number of ether oxygens (including phenoxy) is 1. The molecule has 28 heavy (non-hydrogen) atoms. The summed E-state index contributed by atoms with van der Waals surface area (Å²) in [6.07, 6.45) is -5.38. The maximum absolute atomic E-state index is 12.8. The van der Waals surface area contributed by atoms with Crippen molar-refractivity contribution in [3.05, 3.63) is 64.7 Å². The lowest BCUT2D eigenvalue weighted by molar-refractivity contribution is -0.137. The van der Waals surface area contributed by atoms with Crippen LogP contribution < -0.4 is 10.1 Å². The van der Waals surface area contributed by atoms with Crippen LogP contribution in [0.2, 0.25) is 5.02 Å². The number of aliphatic imine (C=N–C) groups is 1. The fourth-order valence-electron chi connectivity index (χ4n) is 2.41. The first-order valence-corrected chi connectivity index (χ1v) is 9.17. The Labute approximate surface area is 166 Å². The van der Waals surface area contributed by atoms with Crippen molar-refractivity contribution in [2.45, 2.75) is 17.8 Å². The summed E-state index contributed by atoms with van der Waals surface area (Å²) in [6, 6.07) is 11.1. The first-order chi connectivity index (χ1) is 13.2. The number of hydrogen-bond acceptors (Lipinski definition) is 4. The molecule has 5 nitrogen and oxygen atoms in total. The molecular formula is C18H12ClF3N2O3S. The topological polar surface area (TPSA) is 67.8 Å². The number of carbonyl (C=O) groups excluding carboxylic acids is 2. The zero-order chi connectivity index (χ0) is 20.3. The second-order valence-corrected chi connectivity index (χ2v) is 7.31. The van der Waals surface area contributed by atoms with Crippen LogP contribution in [0.15, 0.2) is 53.5 Å². The van der Waals surface area contributed by atoms with E-state index in [0.717, 1.165) is 23.9 Å². The standard InChI is InChI=1S/C18H12ClF3N2O3S/c19-12-6-1-2-7-13(12)27-17(26)24-16-23-15(25)14(28-16)9-10-4-3-5-11(8-10)18(20,21)22/h1-8,14H,9H2,(H,23,24,25,26). The van der Waals surface area contributed by atoms with Crippen LogP contribution in [0.4, 0.5) is 18.0 Å². The van der Waals surface area contributed by atoms with Gasteiger partial charge in [-0.15, -0.1) is 0 Å². The summed E-state index contributed by atoms with van der Waals surface area (Å²) in [5, 5.41) is 1.94. The quantitative estimate of drug-likeness (QED) is 0.770. The Morgan fingerprint density at radius 1 is 1.21 bits per heavy atom. The minimum absolute atomic E-state index is 0.0130. The number of amidine groups is 1. The molecule has 1 unspecified atom stereocenters. The zero-order valence-electron chi connectivity index (χ0n) is 14.0. The molecule has 0 saturated carbocycles. The SMILES string of the molecule is O=C(/N=C1\NC(=O)C(Cc2cccc(C(F)(F)F)c2)S1)Oc1ccccc1Cl. The summed E-state index contributed by atoms with van der Waals surface area (Å²) in [7, 11) is 0. The van der Waals surface area contributed by atoms with E-state index >= 15 is 0 Å². The van der Waals surface area contributed by atoms with Crippen molar-refractivity contribution in [1.82, 2.24) is 5.32 Å². The molecule has 10 heteroatoms. The molecule has 0 aliphatic carbocycles. The predicted molar refractivity (Wildman–Crippen MR) is 99.6 cm³/mol. The Balaban J connectivity index is 1.66. The van der Waals surface area contributed by atoms with Crippen LogP contribution in [-0.4, -0.2) is 22.4 Å². The maximum Gasteiger partial charge on any atom is 0.441 e. The Morgan fingerprint density at radius 3 is 2.68 bits per heavy atom. The van der Waals surface area contributed by atoms with Gasteiger partial charge in [-0.1, -0.05) is 53.7 Å². The summed E-state index contributed by atoms with van der Waals surface area (Å²) >= 11 is 6.83. The van der Waals surface area contributed by atoms with E-state index in [4.69, 9.17) is 16.3 Å².